The molecule has 1 aromatic rings. The Morgan fingerprint density at radius 2 is 2.07 bits per heavy atom. The van der Waals surface area contributed by atoms with Gasteiger partial charge in [0.2, 0.25) is 0 Å². The van der Waals surface area contributed by atoms with Crippen molar-refractivity contribution >= 4 is 17.0 Å². The van der Waals surface area contributed by atoms with Gasteiger partial charge in [0, 0.05) is 10.3 Å². The molecule has 0 aromatic carbocycles. The van der Waals surface area contributed by atoms with Gasteiger partial charge in [-0.3, -0.25) is 0 Å². The Kier molecular flexibility index (Phi) is 2.70. The van der Waals surface area contributed by atoms with Gasteiger partial charge in [-0.2, -0.15) is 5.26 Å². The fourth-order valence-corrected chi connectivity index (χ4v) is 3.45. The lowest BCUT2D eigenvalue weighted by Crippen LogP contribution is -2.23. The molecule has 1 aliphatic carbocycles. The Balaban J connectivity index is 2.32. The van der Waals surface area contributed by atoms with Gasteiger partial charge < -0.3 is 5.73 Å². The summed E-state index contributed by atoms with van der Waals surface area (Å²) in [6, 6.07) is 4.17. The molecule has 1 heterocycles. The predicted molar refractivity (Wildman–Crippen MR) is 63.9 cm³/mol. The van der Waals surface area contributed by atoms with Crippen LogP contribution in [0.15, 0.2) is 6.07 Å². The van der Waals surface area contributed by atoms with Gasteiger partial charge in [0.1, 0.15) is 10.9 Å². The molecule has 1 aliphatic rings. The molecular weight excluding hydrogens is 204 g/mol. The largest absolute Gasteiger partial charge is 0.397 e. The summed E-state index contributed by atoms with van der Waals surface area (Å²) < 4.78 is 0. The summed E-state index contributed by atoms with van der Waals surface area (Å²) in [5, 5.41) is 8.89. The monoisotopic (exact) mass is 220 g/mol. The standard InChI is InChI=1S/C12H16N2S/c1-12(5-3-2-4-6-12)11-7-9(14)10(8-13)15-11/h7H,2-6,14H2,1H3. The van der Waals surface area contributed by atoms with Crippen LogP contribution in [0.5, 0.6) is 0 Å². The number of thiophene rings is 1. The average Bonchev–Trinajstić information content (AvgIpc) is 2.61. The number of nitriles is 1. The van der Waals surface area contributed by atoms with Gasteiger partial charge in [-0.25, -0.2) is 0 Å². The molecule has 0 radical (unpaired) electrons. The topological polar surface area (TPSA) is 49.8 Å². The van der Waals surface area contributed by atoms with E-state index in [9.17, 15) is 0 Å². The van der Waals surface area contributed by atoms with E-state index in [1.165, 1.54) is 37.0 Å². The molecule has 3 heteroatoms. The molecule has 0 unspecified atom stereocenters. The molecule has 0 atom stereocenters. The van der Waals surface area contributed by atoms with Crippen molar-refractivity contribution in [2.24, 2.45) is 0 Å². The summed E-state index contributed by atoms with van der Waals surface area (Å²) >= 11 is 1.58. The van der Waals surface area contributed by atoms with Gasteiger partial charge >= 0.3 is 0 Å². The van der Waals surface area contributed by atoms with Crippen LogP contribution in [0.1, 0.15) is 48.8 Å². The summed E-state index contributed by atoms with van der Waals surface area (Å²) in [7, 11) is 0. The van der Waals surface area contributed by atoms with Crippen LogP contribution >= 0.6 is 11.3 Å². The highest BCUT2D eigenvalue weighted by molar-refractivity contribution is 7.13. The van der Waals surface area contributed by atoms with Gasteiger partial charge in [-0.05, 0) is 18.9 Å². The first-order chi connectivity index (χ1) is 7.15. The Bertz CT molecular complexity index is 394. The average molecular weight is 220 g/mol. The van der Waals surface area contributed by atoms with E-state index in [1.807, 2.05) is 6.07 Å². The van der Waals surface area contributed by atoms with Crippen molar-refractivity contribution in [1.29, 1.82) is 5.26 Å². The second-order valence-corrected chi connectivity index (χ2v) is 5.68. The zero-order valence-corrected chi connectivity index (χ0v) is 9.86. The van der Waals surface area contributed by atoms with E-state index in [-0.39, 0.29) is 5.41 Å². The van der Waals surface area contributed by atoms with Gasteiger partial charge in [0.25, 0.3) is 0 Å². The maximum Gasteiger partial charge on any atom is 0.128 e. The van der Waals surface area contributed by atoms with Gasteiger partial charge in [0.05, 0.1) is 5.69 Å². The Labute approximate surface area is 94.7 Å². The molecule has 2 N–H and O–H groups in total. The van der Waals surface area contributed by atoms with Gasteiger partial charge in [-0.1, -0.05) is 26.2 Å². The zero-order valence-electron chi connectivity index (χ0n) is 9.05. The number of hydrogen-bond donors (Lipinski definition) is 1. The minimum Gasteiger partial charge on any atom is -0.397 e. The molecule has 2 nitrogen and oxygen atoms in total. The normalized spacial score (nSPS) is 19.7. The molecular formula is C12H16N2S. The molecule has 80 valence electrons. The Morgan fingerprint density at radius 3 is 2.60 bits per heavy atom. The van der Waals surface area contributed by atoms with Crippen LogP contribution in [0.4, 0.5) is 5.69 Å². The summed E-state index contributed by atoms with van der Waals surface area (Å²) in [5.41, 5.74) is 6.73. The lowest BCUT2D eigenvalue weighted by Gasteiger charge is -2.32. The summed E-state index contributed by atoms with van der Waals surface area (Å²) in [6.07, 6.45) is 6.42. The summed E-state index contributed by atoms with van der Waals surface area (Å²) in [6.45, 7) is 2.30. The molecule has 0 saturated heterocycles. The summed E-state index contributed by atoms with van der Waals surface area (Å²) in [5.74, 6) is 0. The minimum atomic E-state index is 0.270. The number of hydrogen-bond acceptors (Lipinski definition) is 3. The van der Waals surface area contributed by atoms with Crippen molar-refractivity contribution in [1.82, 2.24) is 0 Å². The molecule has 0 aliphatic heterocycles. The number of anilines is 1. The van der Waals surface area contributed by atoms with Crippen molar-refractivity contribution in [3.63, 3.8) is 0 Å². The van der Waals surface area contributed by atoms with Crippen LogP contribution in [0.25, 0.3) is 0 Å². The van der Waals surface area contributed by atoms with Crippen LogP contribution in [-0.4, -0.2) is 0 Å². The fourth-order valence-electron chi connectivity index (χ4n) is 2.37. The highest BCUT2D eigenvalue weighted by atomic mass is 32.1. The first-order valence-corrected chi connectivity index (χ1v) is 6.27. The lowest BCUT2D eigenvalue weighted by molar-refractivity contribution is 0.325. The predicted octanol–water partition coefficient (Wildman–Crippen LogP) is 3.42. The van der Waals surface area contributed by atoms with Crippen LogP contribution < -0.4 is 5.73 Å². The SMILES string of the molecule is CC1(c2cc(N)c(C#N)s2)CCCCC1. The molecule has 0 spiro atoms. The molecule has 1 fully saturated rings. The molecule has 0 bridgehead atoms. The first kappa shape index (κ1) is 10.5. The smallest absolute Gasteiger partial charge is 0.128 e. The molecule has 2 rings (SSSR count). The minimum absolute atomic E-state index is 0.270. The van der Waals surface area contributed by atoms with Crippen molar-refractivity contribution in [2.75, 3.05) is 5.73 Å². The van der Waals surface area contributed by atoms with Gasteiger partial charge in [0.15, 0.2) is 0 Å². The van der Waals surface area contributed by atoms with E-state index >= 15 is 0 Å². The van der Waals surface area contributed by atoms with Gasteiger partial charge in [-0.15, -0.1) is 11.3 Å². The van der Waals surface area contributed by atoms with Crippen LogP contribution in [0, 0.1) is 11.3 Å². The quantitative estimate of drug-likeness (QED) is 0.788. The highest BCUT2D eigenvalue weighted by Gasteiger charge is 2.30. The van der Waals surface area contributed by atoms with Crippen molar-refractivity contribution in [3.8, 4) is 6.07 Å². The van der Waals surface area contributed by atoms with E-state index in [2.05, 4.69) is 13.0 Å². The maximum atomic E-state index is 8.89. The van der Waals surface area contributed by atoms with Crippen LogP contribution in [-0.2, 0) is 5.41 Å². The van der Waals surface area contributed by atoms with Crippen molar-refractivity contribution in [2.45, 2.75) is 44.4 Å². The number of nitrogens with zero attached hydrogens (tertiary/aromatic N) is 1. The maximum absolute atomic E-state index is 8.89. The number of nitrogen functional groups attached to an aromatic ring is 1. The second kappa shape index (κ2) is 3.86. The third-order valence-electron chi connectivity index (χ3n) is 3.41. The molecule has 15 heavy (non-hydrogen) atoms. The zero-order chi connectivity index (χ0) is 10.9. The molecule has 1 aromatic heterocycles. The fraction of sp³-hybridized carbons (Fsp3) is 0.583. The molecule has 0 amide bonds. The number of nitrogens with two attached hydrogens (primary N) is 1. The Hall–Kier alpha value is -1.01. The second-order valence-electron chi connectivity index (χ2n) is 4.63. The van der Waals surface area contributed by atoms with Crippen molar-refractivity contribution in [3.05, 3.63) is 15.8 Å². The lowest BCUT2D eigenvalue weighted by atomic mass is 9.75. The first-order valence-electron chi connectivity index (χ1n) is 5.45. The van der Waals surface area contributed by atoms with E-state index < -0.39 is 0 Å². The third kappa shape index (κ3) is 1.87. The highest BCUT2D eigenvalue weighted by Crippen LogP contribution is 2.43. The van der Waals surface area contributed by atoms with Crippen molar-refractivity contribution < 1.29 is 0 Å². The van der Waals surface area contributed by atoms with Crippen LogP contribution in [0.3, 0.4) is 0 Å². The summed E-state index contributed by atoms with van der Waals surface area (Å²) in [4.78, 5) is 1.98. The van der Waals surface area contributed by atoms with E-state index in [0.29, 0.717) is 10.6 Å². The number of rotatable bonds is 1. The van der Waals surface area contributed by atoms with Crippen LogP contribution in [0.2, 0.25) is 0 Å². The Morgan fingerprint density at radius 1 is 1.40 bits per heavy atom. The molecule has 1 saturated carbocycles. The van der Waals surface area contributed by atoms with E-state index in [1.54, 1.807) is 11.3 Å². The van der Waals surface area contributed by atoms with E-state index in [0.717, 1.165) is 0 Å². The van der Waals surface area contributed by atoms with E-state index in [4.69, 9.17) is 11.0 Å². The third-order valence-corrected chi connectivity index (χ3v) is 4.78.